The molecule has 4 nitrogen and oxygen atoms in total. The molecule has 0 aliphatic rings. The van der Waals surface area contributed by atoms with Gasteiger partial charge >= 0.3 is 22.4 Å². The Morgan fingerprint density at radius 1 is 1.36 bits per heavy atom. The third-order valence-corrected chi connectivity index (χ3v) is 1.36. The van der Waals surface area contributed by atoms with E-state index in [2.05, 4.69) is 12.6 Å². The summed E-state index contributed by atoms with van der Waals surface area (Å²) in [4.78, 5) is 19.7. The maximum Gasteiger partial charge on any atom is 2.00 e. The first-order chi connectivity index (χ1) is 4.54. The number of carboxylic acids is 2. The SMILES string of the molecule is O=C([O-])CCC(S)C(=O)[O-].[Ag+2]. The van der Waals surface area contributed by atoms with Crippen LogP contribution in [-0.4, -0.2) is 17.2 Å². The van der Waals surface area contributed by atoms with Gasteiger partial charge in [-0.15, -0.1) is 0 Å². The molecule has 0 spiro atoms. The van der Waals surface area contributed by atoms with Crippen molar-refractivity contribution < 1.29 is 42.2 Å². The zero-order valence-electron chi connectivity index (χ0n) is 5.37. The normalized spacial score (nSPS) is 11.4. The molecule has 0 N–H and O–H groups in total. The first-order valence-corrected chi connectivity index (χ1v) is 3.14. The van der Waals surface area contributed by atoms with Crippen LogP contribution < -0.4 is 10.2 Å². The van der Waals surface area contributed by atoms with Gasteiger partial charge in [-0.05, 0) is 12.8 Å². The fourth-order valence-electron chi connectivity index (χ4n) is 0.372. The molecule has 0 saturated carbocycles. The van der Waals surface area contributed by atoms with Crippen molar-refractivity contribution in [3.63, 3.8) is 0 Å². The van der Waals surface area contributed by atoms with E-state index in [1.807, 2.05) is 0 Å². The van der Waals surface area contributed by atoms with Crippen LogP contribution in [0.3, 0.4) is 0 Å². The largest absolute Gasteiger partial charge is 2.00 e. The average Bonchev–Trinajstić information content (AvgIpc) is 1.82. The van der Waals surface area contributed by atoms with Crippen molar-refractivity contribution in [1.82, 2.24) is 0 Å². The van der Waals surface area contributed by atoms with Gasteiger partial charge in [-0.3, -0.25) is 0 Å². The van der Waals surface area contributed by atoms with Crippen LogP contribution in [0.2, 0.25) is 0 Å². The Morgan fingerprint density at radius 3 is 2.09 bits per heavy atom. The quantitative estimate of drug-likeness (QED) is 0.454. The minimum atomic E-state index is -1.36. The molecule has 1 radical (unpaired) electrons. The predicted molar refractivity (Wildman–Crippen MR) is 32.0 cm³/mol. The van der Waals surface area contributed by atoms with Gasteiger partial charge in [0.15, 0.2) is 0 Å². The predicted octanol–water partition coefficient (Wildman–Crippen LogP) is -2.44. The molecule has 0 aromatic heterocycles. The molecule has 0 heterocycles. The van der Waals surface area contributed by atoms with Crippen LogP contribution in [0.15, 0.2) is 0 Å². The van der Waals surface area contributed by atoms with Gasteiger partial charge in [0.1, 0.15) is 0 Å². The maximum atomic E-state index is 9.91. The fraction of sp³-hybridized carbons (Fsp3) is 0.600. The van der Waals surface area contributed by atoms with Crippen LogP contribution in [-0.2, 0) is 32.0 Å². The molecule has 1 atom stereocenters. The van der Waals surface area contributed by atoms with Crippen molar-refractivity contribution in [2.45, 2.75) is 18.1 Å². The van der Waals surface area contributed by atoms with Crippen molar-refractivity contribution in [2.75, 3.05) is 0 Å². The molecule has 0 saturated heterocycles. The average molecular weight is 270 g/mol. The van der Waals surface area contributed by atoms with E-state index in [0.29, 0.717) is 0 Å². The Kier molecular flexibility index (Phi) is 8.32. The summed E-state index contributed by atoms with van der Waals surface area (Å²) < 4.78 is 0. The first kappa shape index (κ1) is 13.6. The van der Waals surface area contributed by atoms with Gasteiger partial charge < -0.3 is 19.8 Å². The van der Waals surface area contributed by atoms with Gasteiger partial charge in [-0.1, -0.05) is 0 Å². The second kappa shape index (κ2) is 6.72. The molecule has 6 heteroatoms. The van der Waals surface area contributed by atoms with Crippen molar-refractivity contribution in [3.8, 4) is 0 Å². The summed E-state index contributed by atoms with van der Waals surface area (Å²) in [7, 11) is 0. The number of thiol groups is 1. The molecular weight excluding hydrogens is 264 g/mol. The van der Waals surface area contributed by atoms with E-state index in [-0.39, 0.29) is 35.2 Å². The van der Waals surface area contributed by atoms with Crippen LogP contribution in [0.1, 0.15) is 12.8 Å². The first-order valence-electron chi connectivity index (χ1n) is 2.63. The van der Waals surface area contributed by atoms with Crippen LogP contribution in [0.25, 0.3) is 0 Å². The minimum Gasteiger partial charge on any atom is -0.550 e. The molecule has 0 bridgehead atoms. The topological polar surface area (TPSA) is 80.3 Å². The second-order valence-corrected chi connectivity index (χ2v) is 2.37. The van der Waals surface area contributed by atoms with Crippen LogP contribution in [0.5, 0.6) is 0 Å². The third kappa shape index (κ3) is 7.93. The van der Waals surface area contributed by atoms with Crippen molar-refractivity contribution in [1.29, 1.82) is 0 Å². The Morgan fingerprint density at radius 2 is 1.82 bits per heavy atom. The molecule has 0 aromatic rings. The molecule has 1 unspecified atom stereocenters. The van der Waals surface area contributed by atoms with Crippen molar-refractivity contribution in [2.24, 2.45) is 0 Å². The molecule has 67 valence electrons. The molecule has 0 rings (SSSR count). The van der Waals surface area contributed by atoms with E-state index in [0.717, 1.165) is 0 Å². The Bertz CT molecular complexity index is 149. The Balaban J connectivity index is 0. The van der Waals surface area contributed by atoms with Crippen molar-refractivity contribution >= 4 is 24.6 Å². The van der Waals surface area contributed by atoms with Gasteiger partial charge in [0.05, 0.1) is 5.97 Å². The number of hydrogen-bond donors (Lipinski definition) is 1. The molecule has 0 fully saturated rings. The van der Waals surface area contributed by atoms with Gasteiger partial charge in [0.25, 0.3) is 0 Å². The summed E-state index contributed by atoms with van der Waals surface area (Å²) in [5.74, 6) is -2.63. The van der Waals surface area contributed by atoms with Crippen LogP contribution in [0.4, 0.5) is 0 Å². The number of carbonyl (C=O) groups excluding carboxylic acids is 2. The van der Waals surface area contributed by atoms with Gasteiger partial charge in [0, 0.05) is 11.2 Å². The summed E-state index contributed by atoms with van der Waals surface area (Å²) in [5, 5.41) is 18.7. The monoisotopic (exact) mass is 269 g/mol. The fourth-order valence-corrected chi connectivity index (χ4v) is 0.502. The number of rotatable bonds is 4. The Hall–Kier alpha value is 0.0303. The summed E-state index contributed by atoms with van der Waals surface area (Å²) in [6.07, 6.45) is -0.365. The molecular formula is C5H6AgO4S. The summed E-state index contributed by atoms with van der Waals surface area (Å²) in [6.45, 7) is 0. The molecule has 0 amide bonds. The maximum absolute atomic E-state index is 9.91. The summed E-state index contributed by atoms with van der Waals surface area (Å²) in [6, 6.07) is 0. The molecule has 0 aliphatic heterocycles. The molecule has 11 heavy (non-hydrogen) atoms. The van der Waals surface area contributed by atoms with E-state index in [1.165, 1.54) is 0 Å². The molecule has 0 aromatic carbocycles. The molecule has 0 aliphatic carbocycles. The Labute approximate surface area is 84.9 Å². The van der Waals surface area contributed by atoms with E-state index in [4.69, 9.17) is 0 Å². The number of carboxylic acid groups (broad SMARTS) is 2. The standard InChI is InChI=1S/C5H8O4S.Ag/c6-4(7)2-1-3(10)5(8)9;/h3,10H,1-2H2,(H,6,7)(H,8,9);/q;+2/p-2. The van der Waals surface area contributed by atoms with Gasteiger partial charge in [-0.25, -0.2) is 0 Å². The smallest absolute Gasteiger partial charge is 0.550 e. The van der Waals surface area contributed by atoms with E-state index >= 15 is 0 Å². The van der Waals surface area contributed by atoms with Gasteiger partial charge in [0.2, 0.25) is 0 Å². The minimum absolute atomic E-state index is 0. The number of carbonyl (C=O) groups is 2. The number of aliphatic carboxylic acids is 2. The van der Waals surface area contributed by atoms with Crippen LogP contribution in [0, 0.1) is 0 Å². The number of hydrogen-bond acceptors (Lipinski definition) is 5. The van der Waals surface area contributed by atoms with E-state index in [9.17, 15) is 19.8 Å². The summed E-state index contributed by atoms with van der Waals surface area (Å²) in [5.41, 5.74) is 0. The zero-order valence-corrected chi connectivity index (χ0v) is 7.75. The van der Waals surface area contributed by atoms with Crippen molar-refractivity contribution in [3.05, 3.63) is 0 Å². The summed E-state index contributed by atoms with van der Waals surface area (Å²) >= 11 is 3.55. The zero-order chi connectivity index (χ0) is 8.15. The second-order valence-electron chi connectivity index (χ2n) is 1.75. The van der Waals surface area contributed by atoms with E-state index in [1.54, 1.807) is 0 Å². The van der Waals surface area contributed by atoms with Gasteiger partial charge in [-0.2, -0.15) is 12.6 Å². The van der Waals surface area contributed by atoms with Crippen LogP contribution >= 0.6 is 12.6 Å². The third-order valence-electron chi connectivity index (χ3n) is 0.894. The van der Waals surface area contributed by atoms with E-state index < -0.39 is 17.2 Å².